The highest BCUT2D eigenvalue weighted by molar-refractivity contribution is 8.02. The summed E-state index contributed by atoms with van der Waals surface area (Å²) in [6, 6.07) is 0. The minimum Gasteiger partial charge on any atom is -0.394 e. The fourth-order valence-corrected chi connectivity index (χ4v) is 2.82. The molecule has 0 amide bonds. The monoisotopic (exact) mass is 302 g/mol. The Labute approximate surface area is 130 Å². The van der Waals surface area contributed by atoms with E-state index in [2.05, 4.69) is 13.0 Å². The maximum Gasteiger partial charge on any atom is 0.0864 e. The van der Waals surface area contributed by atoms with Crippen LogP contribution in [-0.2, 0) is 0 Å². The van der Waals surface area contributed by atoms with Gasteiger partial charge in [0.25, 0.3) is 0 Å². The molecule has 0 radical (unpaired) electrons. The van der Waals surface area contributed by atoms with E-state index >= 15 is 0 Å². The number of unbranched alkanes of at least 4 members (excludes halogenated alkanes) is 10. The predicted molar refractivity (Wildman–Crippen MR) is 91.2 cm³/mol. The quantitative estimate of drug-likeness (QED) is 0.423. The van der Waals surface area contributed by atoms with Crippen LogP contribution in [0.3, 0.4) is 0 Å². The van der Waals surface area contributed by atoms with Gasteiger partial charge in [-0.25, -0.2) is 0 Å². The highest BCUT2D eigenvalue weighted by atomic mass is 32.2. The number of hydrogen-bond acceptors (Lipinski definition) is 3. The second-order valence-electron chi connectivity index (χ2n) is 5.51. The van der Waals surface area contributed by atoms with Crippen LogP contribution in [0, 0.1) is 0 Å². The van der Waals surface area contributed by atoms with Gasteiger partial charge in [0.15, 0.2) is 0 Å². The van der Waals surface area contributed by atoms with E-state index in [4.69, 9.17) is 10.2 Å². The maximum absolute atomic E-state index is 9.14. The predicted octanol–water partition coefficient (Wildman–Crippen LogP) is 4.90. The number of aliphatic hydroxyl groups is 2. The van der Waals surface area contributed by atoms with Crippen LogP contribution in [0.5, 0.6) is 0 Å². The molecule has 0 spiro atoms. The summed E-state index contributed by atoms with van der Waals surface area (Å²) in [6.45, 7) is 2.13. The van der Waals surface area contributed by atoms with E-state index in [-0.39, 0.29) is 6.61 Å². The first-order chi connectivity index (χ1) is 9.81. The first-order valence-electron chi connectivity index (χ1n) is 8.36. The van der Waals surface area contributed by atoms with E-state index in [0.29, 0.717) is 5.75 Å². The van der Waals surface area contributed by atoms with Crippen molar-refractivity contribution in [2.45, 2.75) is 83.7 Å². The number of aliphatic hydroxyl groups excluding tert-OH is 2. The fraction of sp³-hybridized carbons (Fsp3) is 0.882. The summed E-state index contributed by atoms with van der Waals surface area (Å²) in [4.78, 5) is 0. The van der Waals surface area contributed by atoms with Crippen molar-refractivity contribution in [3.8, 4) is 0 Å². The zero-order valence-electron chi connectivity index (χ0n) is 13.2. The van der Waals surface area contributed by atoms with E-state index in [1.165, 1.54) is 64.2 Å². The summed E-state index contributed by atoms with van der Waals surface area (Å²) in [5.41, 5.74) is 0. The first-order valence-corrected chi connectivity index (χ1v) is 9.41. The average molecular weight is 303 g/mol. The van der Waals surface area contributed by atoms with Crippen molar-refractivity contribution < 1.29 is 10.2 Å². The molecule has 0 bridgehead atoms. The van der Waals surface area contributed by atoms with Crippen LogP contribution in [0.2, 0.25) is 0 Å². The molecule has 0 aromatic carbocycles. The largest absolute Gasteiger partial charge is 0.394 e. The number of rotatable bonds is 15. The normalized spacial score (nSPS) is 13.2. The van der Waals surface area contributed by atoms with Crippen LogP contribution in [0.25, 0.3) is 0 Å². The van der Waals surface area contributed by atoms with E-state index < -0.39 is 6.10 Å². The van der Waals surface area contributed by atoms with Gasteiger partial charge < -0.3 is 10.2 Å². The minimum atomic E-state index is -0.582. The molecule has 2 N–H and O–H groups in total. The van der Waals surface area contributed by atoms with Gasteiger partial charge in [-0.3, -0.25) is 0 Å². The van der Waals surface area contributed by atoms with Crippen LogP contribution in [0.1, 0.15) is 77.6 Å². The zero-order chi connectivity index (χ0) is 14.9. The van der Waals surface area contributed by atoms with E-state index in [0.717, 1.165) is 6.42 Å². The van der Waals surface area contributed by atoms with Gasteiger partial charge >= 0.3 is 0 Å². The third kappa shape index (κ3) is 16.1. The molecule has 2 nitrogen and oxygen atoms in total. The molecule has 0 aliphatic carbocycles. The van der Waals surface area contributed by atoms with Crippen molar-refractivity contribution in [3.05, 3.63) is 11.5 Å². The Morgan fingerprint density at radius 3 is 2.00 bits per heavy atom. The molecule has 0 saturated heterocycles. The Hall–Kier alpha value is 0.01000. The number of thioether (sulfide) groups is 1. The van der Waals surface area contributed by atoms with Gasteiger partial charge in [0, 0.05) is 5.75 Å². The van der Waals surface area contributed by atoms with Crippen LogP contribution >= 0.6 is 11.8 Å². The van der Waals surface area contributed by atoms with E-state index in [9.17, 15) is 0 Å². The molecule has 1 atom stereocenters. The summed E-state index contributed by atoms with van der Waals surface area (Å²) in [5, 5.41) is 19.8. The molecule has 0 aliphatic heterocycles. The van der Waals surface area contributed by atoms with Gasteiger partial charge in [-0.1, -0.05) is 70.8 Å². The van der Waals surface area contributed by atoms with Gasteiger partial charge in [0.2, 0.25) is 0 Å². The Morgan fingerprint density at radius 1 is 0.900 bits per heavy atom. The second-order valence-corrected chi connectivity index (χ2v) is 6.45. The second kappa shape index (κ2) is 17.1. The van der Waals surface area contributed by atoms with Crippen LogP contribution in [-0.4, -0.2) is 28.7 Å². The fourth-order valence-electron chi connectivity index (χ4n) is 2.11. The third-order valence-corrected chi connectivity index (χ3v) is 4.38. The van der Waals surface area contributed by atoms with Gasteiger partial charge in [-0.2, -0.15) is 0 Å². The molecular weight excluding hydrogens is 268 g/mol. The SMILES string of the molecule is CCCCCCCCCCCC/C=C/SCC(O)CO. The average Bonchev–Trinajstić information content (AvgIpc) is 2.47. The molecule has 0 fully saturated rings. The summed E-state index contributed by atoms with van der Waals surface area (Å²) in [6.07, 6.45) is 16.5. The molecule has 0 aromatic heterocycles. The van der Waals surface area contributed by atoms with Gasteiger partial charge in [-0.05, 0) is 18.2 Å². The summed E-state index contributed by atoms with van der Waals surface area (Å²) >= 11 is 1.58. The van der Waals surface area contributed by atoms with Crippen LogP contribution < -0.4 is 0 Å². The molecule has 0 heterocycles. The van der Waals surface area contributed by atoms with E-state index in [1.807, 2.05) is 5.41 Å². The Kier molecular flexibility index (Phi) is 17.1. The molecule has 0 rings (SSSR count). The van der Waals surface area contributed by atoms with Gasteiger partial charge in [0.1, 0.15) is 0 Å². The van der Waals surface area contributed by atoms with E-state index in [1.54, 1.807) is 11.8 Å². The van der Waals surface area contributed by atoms with Crippen molar-refractivity contribution in [3.63, 3.8) is 0 Å². The maximum atomic E-state index is 9.14. The zero-order valence-corrected chi connectivity index (χ0v) is 14.0. The molecule has 20 heavy (non-hydrogen) atoms. The molecule has 3 heteroatoms. The summed E-state index contributed by atoms with van der Waals surface area (Å²) < 4.78 is 0. The Morgan fingerprint density at radius 2 is 1.45 bits per heavy atom. The third-order valence-electron chi connectivity index (χ3n) is 3.42. The molecule has 0 saturated carbocycles. The van der Waals surface area contributed by atoms with Crippen molar-refractivity contribution in [2.24, 2.45) is 0 Å². The first kappa shape index (κ1) is 20.0. The Bertz CT molecular complexity index is 207. The number of allylic oxidation sites excluding steroid dienone is 1. The summed E-state index contributed by atoms with van der Waals surface area (Å²) in [5.74, 6) is 0.588. The molecule has 1 unspecified atom stereocenters. The van der Waals surface area contributed by atoms with Gasteiger partial charge in [0.05, 0.1) is 12.7 Å². The van der Waals surface area contributed by atoms with Crippen molar-refractivity contribution >= 4 is 11.8 Å². The standard InChI is InChI=1S/C17H34O2S/c1-2-3-4-5-6-7-8-9-10-11-12-13-14-20-16-17(19)15-18/h13-14,17-19H,2-12,15-16H2,1H3/b14-13+. The lowest BCUT2D eigenvalue weighted by molar-refractivity contribution is 0.113. The molecular formula is C17H34O2S. The smallest absolute Gasteiger partial charge is 0.0864 e. The summed E-state index contributed by atoms with van der Waals surface area (Å²) in [7, 11) is 0. The van der Waals surface area contributed by atoms with Crippen molar-refractivity contribution in [1.82, 2.24) is 0 Å². The number of hydrogen-bond donors (Lipinski definition) is 2. The molecule has 0 aliphatic rings. The van der Waals surface area contributed by atoms with Crippen molar-refractivity contribution in [2.75, 3.05) is 12.4 Å². The van der Waals surface area contributed by atoms with Crippen LogP contribution in [0.4, 0.5) is 0 Å². The highest BCUT2D eigenvalue weighted by Gasteiger charge is 1.98. The molecule has 120 valence electrons. The van der Waals surface area contributed by atoms with Crippen molar-refractivity contribution in [1.29, 1.82) is 0 Å². The lowest BCUT2D eigenvalue weighted by Gasteiger charge is -2.02. The minimum absolute atomic E-state index is 0.140. The Balaban J connectivity index is 3.07. The topological polar surface area (TPSA) is 40.5 Å². The lowest BCUT2D eigenvalue weighted by atomic mass is 10.1. The van der Waals surface area contributed by atoms with Crippen LogP contribution in [0.15, 0.2) is 11.5 Å². The van der Waals surface area contributed by atoms with Gasteiger partial charge in [-0.15, -0.1) is 11.8 Å². The highest BCUT2D eigenvalue weighted by Crippen LogP contribution is 2.12. The molecule has 0 aromatic rings. The lowest BCUT2D eigenvalue weighted by Crippen LogP contribution is -2.13.